The third kappa shape index (κ3) is 2.77. The van der Waals surface area contributed by atoms with E-state index in [9.17, 15) is 9.59 Å². The van der Waals surface area contributed by atoms with Crippen LogP contribution in [0.2, 0.25) is 0 Å². The zero-order valence-electron chi connectivity index (χ0n) is 13.2. The van der Waals surface area contributed by atoms with Crippen LogP contribution >= 0.6 is 0 Å². The highest BCUT2D eigenvalue weighted by atomic mass is 16.2. The monoisotopic (exact) mass is 313 g/mol. The molecule has 0 aliphatic carbocycles. The van der Waals surface area contributed by atoms with Crippen molar-refractivity contribution in [3.05, 3.63) is 56.7 Å². The Kier molecular flexibility index (Phi) is 4.01. The summed E-state index contributed by atoms with van der Waals surface area (Å²) in [6.07, 6.45) is 0.771. The van der Waals surface area contributed by atoms with Crippen molar-refractivity contribution < 1.29 is 0 Å². The zero-order chi connectivity index (χ0) is 16.4. The highest BCUT2D eigenvalue weighted by Gasteiger charge is 2.16. The first-order valence-electron chi connectivity index (χ1n) is 7.59. The molecule has 3 rings (SSSR count). The van der Waals surface area contributed by atoms with E-state index in [2.05, 4.69) is 15.3 Å². The van der Waals surface area contributed by atoms with E-state index in [1.165, 1.54) is 10.1 Å². The number of anilines is 1. The van der Waals surface area contributed by atoms with Crippen molar-refractivity contribution in [2.45, 2.75) is 19.9 Å². The van der Waals surface area contributed by atoms with Crippen LogP contribution in [0.25, 0.3) is 11.2 Å². The smallest absolute Gasteiger partial charge is 0.329 e. The molecule has 0 amide bonds. The zero-order valence-corrected chi connectivity index (χ0v) is 13.2. The van der Waals surface area contributed by atoms with Gasteiger partial charge in [-0.15, -0.1) is 0 Å². The van der Waals surface area contributed by atoms with Crippen LogP contribution in [0.5, 0.6) is 0 Å². The molecule has 0 radical (unpaired) electrons. The molecular weight excluding hydrogens is 294 g/mol. The summed E-state index contributed by atoms with van der Waals surface area (Å²) in [7, 11) is 1.60. The maximum absolute atomic E-state index is 12.2. The second kappa shape index (κ2) is 6.12. The van der Waals surface area contributed by atoms with E-state index in [4.69, 9.17) is 0 Å². The van der Waals surface area contributed by atoms with Crippen molar-refractivity contribution >= 4 is 17.1 Å². The fourth-order valence-corrected chi connectivity index (χ4v) is 2.63. The molecule has 3 aromatic rings. The summed E-state index contributed by atoms with van der Waals surface area (Å²) in [5.74, 6) is 0.602. The number of hydrogen-bond acceptors (Lipinski definition) is 4. The molecule has 0 aliphatic rings. The molecule has 1 aromatic carbocycles. The Morgan fingerprint density at radius 2 is 1.96 bits per heavy atom. The maximum atomic E-state index is 12.2. The van der Waals surface area contributed by atoms with Gasteiger partial charge in [-0.25, -0.2) is 4.79 Å². The van der Waals surface area contributed by atoms with Gasteiger partial charge in [0.05, 0.1) is 0 Å². The molecule has 0 spiro atoms. The quantitative estimate of drug-likeness (QED) is 0.738. The maximum Gasteiger partial charge on any atom is 0.329 e. The van der Waals surface area contributed by atoms with Gasteiger partial charge in [0.15, 0.2) is 11.2 Å². The second-order valence-corrected chi connectivity index (χ2v) is 5.34. The fraction of sp³-hybridized carbons (Fsp3) is 0.312. The van der Waals surface area contributed by atoms with Gasteiger partial charge >= 0.3 is 5.69 Å². The lowest BCUT2D eigenvalue weighted by molar-refractivity contribution is 0.715. The Morgan fingerprint density at radius 3 is 2.65 bits per heavy atom. The van der Waals surface area contributed by atoms with Crippen molar-refractivity contribution in [1.29, 1.82) is 0 Å². The van der Waals surface area contributed by atoms with Crippen LogP contribution in [-0.4, -0.2) is 25.6 Å². The first kappa shape index (κ1) is 15.1. The minimum absolute atomic E-state index is 0.391. The molecule has 0 fully saturated rings. The molecule has 0 bridgehead atoms. The van der Waals surface area contributed by atoms with E-state index >= 15 is 0 Å². The van der Waals surface area contributed by atoms with E-state index in [1.807, 2.05) is 41.8 Å². The molecule has 120 valence electrons. The third-order valence-corrected chi connectivity index (χ3v) is 3.81. The topological polar surface area (TPSA) is 84.7 Å². The van der Waals surface area contributed by atoms with Crippen molar-refractivity contribution in [2.24, 2.45) is 7.05 Å². The Bertz CT molecular complexity index is 937. The Morgan fingerprint density at radius 1 is 1.22 bits per heavy atom. The highest BCUT2D eigenvalue weighted by molar-refractivity contribution is 5.74. The van der Waals surface area contributed by atoms with Gasteiger partial charge in [-0.05, 0) is 18.9 Å². The Hall–Kier alpha value is -2.83. The number of rotatable bonds is 5. The molecular formula is C16H19N5O2. The molecule has 0 aliphatic heterocycles. The standard InChI is InChI=1S/C16H19N5O2/c1-3-17-15-18-13-12(14(22)19-16(23)20(13)2)21(15)10-9-11-7-5-4-6-8-11/h4-8H,3,9-10H2,1-2H3,(H,17,18)(H,19,22,23). The normalized spacial score (nSPS) is 11.0. The minimum atomic E-state index is -0.460. The molecule has 0 atom stereocenters. The Balaban J connectivity index is 2.10. The number of fused-ring (bicyclic) bond motifs is 1. The summed E-state index contributed by atoms with van der Waals surface area (Å²) < 4.78 is 3.20. The average Bonchev–Trinajstić information content (AvgIpc) is 2.91. The predicted octanol–water partition coefficient (Wildman–Crippen LogP) is 1.10. The van der Waals surface area contributed by atoms with Gasteiger partial charge in [-0.1, -0.05) is 30.3 Å². The van der Waals surface area contributed by atoms with Gasteiger partial charge in [0, 0.05) is 20.1 Å². The van der Waals surface area contributed by atoms with Crippen LogP contribution < -0.4 is 16.6 Å². The highest BCUT2D eigenvalue weighted by Crippen LogP contribution is 2.16. The van der Waals surface area contributed by atoms with E-state index in [0.29, 0.717) is 30.2 Å². The fourth-order valence-electron chi connectivity index (χ4n) is 2.63. The number of imidazole rings is 1. The lowest BCUT2D eigenvalue weighted by Crippen LogP contribution is -2.29. The first-order valence-corrected chi connectivity index (χ1v) is 7.59. The molecule has 2 heterocycles. The van der Waals surface area contributed by atoms with E-state index in [0.717, 1.165) is 6.42 Å². The van der Waals surface area contributed by atoms with Crippen molar-refractivity contribution in [2.75, 3.05) is 11.9 Å². The third-order valence-electron chi connectivity index (χ3n) is 3.81. The molecule has 2 N–H and O–H groups in total. The second-order valence-electron chi connectivity index (χ2n) is 5.34. The summed E-state index contributed by atoms with van der Waals surface area (Å²) in [6.45, 7) is 3.24. The number of nitrogens with zero attached hydrogens (tertiary/aromatic N) is 3. The average molecular weight is 313 g/mol. The van der Waals surface area contributed by atoms with Crippen molar-refractivity contribution in [3.8, 4) is 0 Å². The van der Waals surface area contributed by atoms with E-state index in [-0.39, 0.29) is 0 Å². The van der Waals surface area contributed by atoms with Crippen LogP contribution in [0.1, 0.15) is 12.5 Å². The van der Waals surface area contributed by atoms with Crippen LogP contribution in [-0.2, 0) is 20.0 Å². The first-order chi connectivity index (χ1) is 11.1. The molecule has 2 aromatic heterocycles. The van der Waals surface area contributed by atoms with Gasteiger partial charge < -0.3 is 9.88 Å². The minimum Gasteiger partial charge on any atom is -0.356 e. The summed E-state index contributed by atoms with van der Waals surface area (Å²) in [4.78, 5) is 30.8. The molecule has 0 saturated carbocycles. The summed E-state index contributed by atoms with van der Waals surface area (Å²) in [5.41, 5.74) is 1.12. The lowest BCUT2D eigenvalue weighted by atomic mass is 10.1. The van der Waals surface area contributed by atoms with Crippen LogP contribution in [0, 0.1) is 0 Å². The number of H-pyrrole nitrogens is 1. The number of benzene rings is 1. The molecule has 23 heavy (non-hydrogen) atoms. The Labute approximate surface area is 132 Å². The van der Waals surface area contributed by atoms with Crippen LogP contribution in [0.15, 0.2) is 39.9 Å². The van der Waals surface area contributed by atoms with Crippen LogP contribution in [0.4, 0.5) is 5.95 Å². The molecule has 7 nitrogen and oxygen atoms in total. The number of nitrogens with one attached hydrogen (secondary N) is 2. The van der Waals surface area contributed by atoms with Gasteiger partial charge in [0.1, 0.15) is 0 Å². The largest absolute Gasteiger partial charge is 0.356 e. The van der Waals surface area contributed by atoms with Gasteiger partial charge in [0.2, 0.25) is 5.95 Å². The summed E-state index contributed by atoms with van der Waals surface area (Å²) in [6, 6.07) is 10.0. The number of aromatic amines is 1. The van der Waals surface area contributed by atoms with E-state index in [1.54, 1.807) is 7.05 Å². The van der Waals surface area contributed by atoms with Gasteiger partial charge in [0.25, 0.3) is 5.56 Å². The van der Waals surface area contributed by atoms with Gasteiger partial charge in [-0.2, -0.15) is 4.98 Å². The van der Waals surface area contributed by atoms with E-state index < -0.39 is 11.2 Å². The number of hydrogen-bond donors (Lipinski definition) is 2. The van der Waals surface area contributed by atoms with Crippen molar-refractivity contribution in [3.63, 3.8) is 0 Å². The lowest BCUT2D eigenvalue weighted by Gasteiger charge is -2.09. The number of aromatic nitrogens is 4. The van der Waals surface area contributed by atoms with Crippen LogP contribution in [0.3, 0.4) is 0 Å². The summed E-state index contributed by atoms with van der Waals surface area (Å²) >= 11 is 0. The molecule has 0 saturated heterocycles. The number of aryl methyl sites for hydroxylation is 3. The van der Waals surface area contributed by atoms with Crippen molar-refractivity contribution in [1.82, 2.24) is 19.1 Å². The molecule has 0 unspecified atom stereocenters. The SMILES string of the molecule is CCNc1nc2c(c(=O)[nH]c(=O)n2C)n1CCc1ccccc1. The predicted molar refractivity (Wildman–Crippen MR) is 89.9 cm³/mol. The molecule has 7 heteroatoms. The van der Waals surface area contributed by atoms with Gasteiger partial charge in [-0.3, -0.25) is 14.3 Å². The summed E-state index contributed by atoms with van der Waals surface area (Å²) in [5, 5.41) is 3.16.